The van der Waals surface area contributed by atoms with Crippen molar-refractivity contribution in [3.63, 3.8) is 0 Å². The summed E-state index contributed by atoms with van der Waals surface area (Å²) in [6, 6.07) is 4.59. The highest BCUT2D eigenvalue weighted by atomic mass is 79.9. The van der Waals surface area contributed by atoms with Crippen LogP contribution >= 0.6 is 15.9 Å². The first-order valence-corrected chi connectivity index (χ1v) is 9.50. The Morgan fingerprint density at radius 3 is 2.69 bits per heavy atom. The van der Waals surface area contributed by atoms with Crippen LogP contribution in [0.25, 0.3) is 0 Å². The van der Waals surface area contributed by atoms with Crippen molar-refractivity contribution in [2.75, 3.05) is 13.2 Å². The van der Waals surface area contributed by atoms with E-state index in [4.69, 9.17) is 9.47 Å². The maximum Gasteiger partial charge on any atom is 0.338 e. The van der Waals surface area contributed by atoms with E-state index in [1.807, 2.05) is 39.0 Å². The first-order chi connectivity index (χ1) is 12.3. The summed E-state index contributed by atoms with van der Waals surface area (Å²) in [6.45, 7) is 8.62. The number of hydrogen-bond donors (Lipinski definition) is 2. The maximum absolute atomic E-state index is 12.6. The molecule has 142 valence electrons. The summed E-state index contributed by atoms with van der Waals surface area (Å²) in [5.41, 5.74) is 1.67. The quantitative estimate of drug-likeness (QED) is 0.646. The average molecular weight is 425 g/mol. The fraction of sp³-hybridized carbons (Fsp3) is 0.474. The predicted octanol–water partition coefficient (Wildman–Crippen LogP) is 4.07. The predicted molar refractivity (Wildman–Crippen MR) is 103 cm³/mol. The van der Waals surface area contributed by atoms with Crippen LogP contribution in [0.5, 0.6) is 5.75 Å². The number of ether oxygens (including phenoxy) is 2. The van der Waals surface area contributed by atoms with E-state index in [9.17, 15) is 9.59 Å². The number of nitrogens with one attached hydrogen (secondary N) is 2. The molecule has 1 aromatic rings. The number of carbonyl (C=O) groups excluding carboxylic acids is 2. The second-order valence-corrected chi connectivity index (χ2v) is 7.46. The van der Waals surface area contributed by atoms with Crippen molar-refractivity contribution in [3.8, 4) is 5.75 Å². The van der Waals surface area contributed by atoms with Crippen LogP contribution in [0.4, 0.5) is 4.79 Å². The molecule has 1 aliphatic heterocycles. The largest absolute Gasteiger partial charge is 0.492 e. The zero-order chi connectivity index (χ0) is 19.3. The molecule has 7 heteroatoms. The smallest absolute Gasteiger partial charge is 0.338 e. The van der Waals surface area contributed by atoms with Crippen LogP contribution < -0.4 is 15.4 Å². The third-order valence-corrected chi connectivity index (χ3v) is 4.41. The lowest BCUT2D eigenvalue weighted by molar-refractivity contribution is -0.140. The lowest BCUT2D eigenvalue weighted by Gasteiger charge is -2.28. The molecule has 1 unspecified atom stereocenters. The molecule has 0 bridgehead atoms. The third-order valence-electron chi connectivity index (χ3n) is 3.79. The highest BCUT2D eigenvalue weighted by Crippen LogP contribution is 2.33. The Kier molecular flexibility index (Phi) is 7.08. The Bertz CT molecular complexity index is 715. The molecule has 0 aliphatic carbocycles. The van der Waals surface area contributed by atoms with Gasteiger partial charge in [0.05, 0.1) is 29.3 Å². The van der Waals surface area contributed by atoms with Gasteiger partial charge in [0.2, 0.25) is 0 Å². The summed E-state index contributed by atoms with van der Waals surface area (Å²) in [5, 5.41) is 5.45. The molecular formula is C19H25BrN2O4. The average Bonchev–Trinajstić information content (AvgIpc) is 2.57. The molecule has 2 N–H and O–H groups in total. The molecule has 1 aliphatic rings. The lowest BCUT2D eigenvalue weighted by atomic mass is 9.95. The fourth-order valence-corrected chi connectivity index (χ4v) is 3.07. The van der Waals surface area contributed by atoms with E-state index in [1.54, 1.807) is 6.92 Å². The van der Waals surface area contributed by atoms with E-state index in [0.29, 0.717) is 24.5 Å². The molecule has 1 atom stereocenters. The Hall–Kier alpha value is -2.02. The van der Waals surface area contributed by atoms with Crippen molar-refractivity contribution in [1.82, 2.24) is 10.6 Å². The van der Waals surface area contributed by atoms with Gasteiger partial charge >= 0.3 is 12.0 Å². The van der Waals surface area contributed by atoms with Crippen molar-refractivity contribution in [2.45, 2.75) is 40.2 Å². The minimum absolute atomic E-state index is 0.230. The minimum atomic E-state index is -0.583. The van der Waals surface area contributed by atoms with Gasteiger partial charge in [0.25, 0.3) is 0 Å². The second kappa shape index (κ2) is 9.07. The van der Waals surface area contributed by atoms with Gasteiger partial charge in [-0.25, -0.2) is 9.59 Å². The van der Waals surface area contributed by atoms with Gasteiger partial charge in [-0.3, -0.25) is 0 Å². The number of rotatable bonds is 7. The third kappa shape index (κ3) is 5.00. The van der Waals surface area contributed by atoms with Crippen LogP contribution in [-0.4, -0.2) is 25.2 Å². The SMILES string of the molecule is CCCOc1ccc(C2NC(=O)NC(C)=C2C(=O)OCC(C)C)cc1Br. The van der Waals surface area contributed by atoms with E-state index in [1.165, 1.54) is 0 Å². The van der Waals surface area contributed by atoms with Gasteiger partial charge < -0.3 is 20.1 Å². The van der Waals surface area contributed by atoms with Crippen LogP contribution in [0.1, 0.15) is 45.7 Å². The number of carbonyl (C=O) groups is 2. The number of urea groups is 1. The molecule has 0 fully saturated rings. The van der Waals surface area contributed by atoms with Crippen LogP contribution in [0.3, 0.4) is 0 Å². The van der Waals surface area contributed by atoms with Crippen LogP contribution in [0, 0.1) is 5.92 Å². The van der Waals surface area contributed by atoms with E-state index in [0.717, 1.165) is 22.2 Å². The normalized spacial score (nSPS) is 17.0. The Balaban J connectivity index is 2.32. The molecule has 26 heavy (non-hydrogen) atoms. The zero-order valence-electron chi connectivity index (χ0n) is 15.5. The molecule has 0 aromatic heterocycles. The van der Waals surface area contributed by atoms with Crippen molar-refractivity contribution in [1.29, 1.82) is 0 Å². The lowest BCUT2D eigenvalue weighted by Crippen LogP contribution is -2.45. The summed E-state index contributed by atoms with van der Waals surface area (Å²) in [5.74, 6) is 0.519. The number of halogens is 1. The first kappa shape index (κ1) is 20.3. The number of allylic oxidation sites excluding steroid dienone is 1. The van der Waals surface area contributed by atoms with E-state index >= 15 is 0 Å². The Labute approximate surface area is 162 Å². The minimum Gasteiger partial charge on any atom is -0.492 e. The number of benzene rings is 1. The number of hydrogen-bond acceptors (Lipinski definition) is 4. The highest BCUT2D eigenvalue weighted by Gasteiger charge is 2.32. The summed E-state index contributed by atoms with van der Waals surface area (Å²) in [6.07, 6.45) is 0.909. The molecule has 1 aromatic carbocycles. The molecule has 1 heterocycles. The van der Waals surface area contributed by atoms with Gasteiger partial charge in [-0.2, -0.15) is 0 Å². The topological polar surface area (TPSA) is 76.7 Å². The molecule has 2 rings (SSSR count). The van der Waals surface area contributed by atoms with Gasteiger partial charge in [-0.1, -0.05) is 26.8 Å². The first-order valence-electron chi connectivity index (χ1n) is 8.71. The Morgan fingerprint density at radius 1 is 1.35 bits per heavy atom. The van der Waals surface area contributed by atoms with Crippen LogP contribution in [0.15, 0.2) is 33.9 Å². The Morgan fingerprint density at radius 2 is 2.08 bits per heavy atom. The summed E-state index contributed by atoms with van der Waals surface area (Å²) in [4.78, 5) is 24.5. The van der Waals surface area contributed by atoms with Gasteiger partial charge in [0, 0.05) is 5.70 Å². The molecule has 2 amide bonds. The fourth-order valence-electron chi connectivity index (χ4n) is 2.56. The van der Waals surface area contributed by atoms with Gasteiger partial charge in [-0.15, -0.1) is 0 Å². The van der Waals surface area contributed by atoms with E-state index < -0.39 is 12.0 Å². The van der Waals surface area contributed by atoms with E-state index in [2.05, 4.69) is 26.6 Å². The van der Waals surface area contributed by atoms with E-state index in [-0.39, 0.29) is 11.9 Å². The monoisotopic (exact) mass is 424 g/mol. The molecule has 0 spiro atoms. The van der Waals surface area contributed by atoms with Crippen LogP contribution in [0.2, 0.25) is 0 Å². The maximum atomic E-state index is 12.6. The van der Waals surface area contributed by atoms with Crippen molar-refractivity contribution >= 4 is 27.9 Å². The molecular weight excluding hydrogens is 400 g/mol. The number of amides is 2. The van der Waals surface area contributed by atoms with Gasteiger partial charge in [0.15, 0.2) is 0 Å². The molecule has 0 radical (unpaired) electrons. The summed E-state index contributed by atoms with van der Waals surface area (Å²) < 4.78 is 11.8. The van der Waals surface area contributed by atoms with Gasteiger partial charge in [-0.05, 0) is 52.9 Å². The molecule has 6 nitrogen and oxygen atoms in total. The summed E-state index contributed by atoms with van der Waals surface area (Å²) in [7, 11) is 0. The molecule has 0 saturated heterocycles. The standard InChI is InChI=1S/C19H25BrN2O4/c1-5-8-25-15-7-6-13(9-14(15)20)17-16(12(4)21-19(24)22-17)18(23)26-10-11(2)3/h6-7,9,11,17H,5,8,10H2,1-4H3,(H2,21,22,24). The second-order valence-electron chi connectivity index (χ2n) is 6.60. The highest BCUT2D eigenvalue weighted by molar-refractivity contribution is 9.10. The molecule has 0 saturated carbocycles. The zero-order valence-corrected chi connectivity index (χ0v) is 17.1. The van der Waals surface area contributed by atoms with Crippen molar-refractivity contribution < 1.29 is 19.1 Å². The summed E-state index contributed by atoms with van der Waals surface area (Å²) >= 11 is 3.50. The van der Waals surface area contributed by atoms with Gasteiger partial charge in [0.1, 0.15) is 5.75 Å². The van der Waals surface area contributed by atoms with Crippen LogP contribution in [-0.2, 0) is 9.53 Å². The number of esters is 1. The van der Waals surface area contributed by atoms with Crippen molar-refractivity contribution in [2.24, 2.45) is 5.92 Å². The van der Waals surface area contributed by atoms with Crippen molar-refractivity contribution in [3.05, 3.63) is 39.5 Å².